The monoisotopic (exact) mass is 421 g/mol. The normalized spacial score (nSPS) is 20.7. The molecule has 1 aromatic heterocycles. The highest BCUT2D eigenvalue weighted by Gasteiger charge is 2.35. The van der Waals surface area contributed by atoms with Crippen molar-refractivity contribution in [2.24, 2.45) is 5.92 Å². The van der Waals surface area contributed by atoms with Crippen LogP contribution < -0.4 is 5.32 Å². The summed E-state index contributed by atoms with van der Waals surface area (Å²) in [6.45, 7) is 0. The molecule has 5 rings (SSSR count). The van der Waals surface area contributed by atoms with E-state index in [0.29, 0.717) is 22.5 Å². The maximum absolute atomic E-state index is 13.9. The van der Waals surface area contributed by atoms with Gasteiger partial charge in [0, 0.05) is 36.2 Å². The van der Waals surface area contributed by atoms with Crippen molar-refractivity contribution in [3.05, 3.63) is 53.8 Å². The van der Waals surface area contributed by atoms with Crippen molar-refractivity contribution in [1.29, 1.82) is 0 Å². The minimum atomic E-state index is -0.451. The molecule has 31 heavy (non-hydrogen) atoms. The van der Waals surface area contributed by atoms with Crippen LogP contribution in [-0.2, 0) is 4.79 Å². The molecule has 1 unspecified atom stereocenters. The second kappa shape index (κ2) is 7.80. The molecule has 0 bridgehead atoms. The molecule has 7 heteroatoms. The highest BCUT2D eigenvalue weighted by Crippen LogP contribution is 2.31. The van der Waals surface area contributed by atoms with E-state index < -0.39 is 5.82 Å². The molecule has 2 aromatic carbocycles. The Morgan fingerprint density at radius 1 is 1.10 bits per heavy atom. The van der Waals surface area contributed by atoms with Gasteiger partial charge in [0.15, 0.2) is 11.4 Å². The molecule has 2 saturated carbocycles. The number of amides is 2. The van der Waals surface area contributed by atoms with Crippen LogP contribution in [0.4, 0.5) is 4.39 Å². The number of fused-ring (bicyclic) bond motifs is 1. The van der Waals surface area contributed by atoms with Crippen molar-refractivity contribution < 1.29 is 18.4 Å². The van der Waals surface area contributed by atoms with Gasteiger partial charge in [-0.05, 0) is 68.5 Å². The Morgan fingerprint density at radius 2 is 1.87 bits per heavy atom. The molecule has 2 amide bonds. The fraction of sp³-hybridized carbons (Fsp3) is 0.375. The number of aromatic nitrogens is 1. The quantitative estimate of drug-likeness (QED) is 0.671. The summed E-state index contributed by atoms with van der Waals surface area (Å²) in [5, 5.41) is 3.12. The largest absolute Gasteiger partial charge is 0.433 e. The minimum Gasteiger partial charge on any atom is -0.433 e. The van der Waals surface area contributed by atoms with Crippen LogP contribution in [0.1, 0.15) is 42.5 Å². The highest BCUT2D eigenvalue weighted by molar-refractivity contribution is 5.94. The van der Waals surface area contributed by atoms with Gasteiger partial charge in [-0.1, -0.05) is 6.07 Å². The Bertz CT molecular complexity index is 1140. The van der Waals surface area contributed by atoms with E-state index in [9.17, 15) is 14.0 Å². The molecule has 0 aliphatic heterocycles. The summed E-state index contributed by atoms with van der Waals surface area (Å²) in [6, 6.07) is 11.9. The van der Waals surface area contributed by atoms with E-state index in [2.05, 4.69) is 10.3 Å². The Hall–Kier alpha value is -3.22. The van der Waals surface area contributed by atoms with Gasteiger partial charge >= 0.3 is 0 Å². The van der Waals surface area contributed by atoms with E-state index in [0.717, 1.165) is 32.1 Å². The van der Waals surface area contributed by atoms with E-state index in [1.54, 1.807) is 41.3 Å². The van der Waals surface area contributed by atoms with Crippen LogP contribution in [0.3, 0.4) is 0 Å². The molecule has 1 N–H and O–H groups in total. The number of nitrogens with zero attached hydrogens (tertiary/aromatic N) is 2. The van der Waals surface area contributed by atoms with E-state index in [1.165, 1.54) is 6.07 Å². The molecule has 2 aliphatic rings. The maximum atomic E-state index is 13.9. The molecule has 1 heterocycles. The first-order valence-electron chi connectivity index (χ1n) is 10.7. The van der Waals surface area contributed by atoms with Gasteiger partial charge in [0.05, 0.1) is 0 Å². The van der Waals surface area contributed by atoms with Crippen molar-refractivity contribution in [1.82, 2.24) is 15.2 Å². The molecule has 6 nitrogen and oxygen atoms in total. The number of nitrogens with one attached hydrogen (secondary N) is 1. The zero-order chi connectivity index (χ0) is 21.5. The molecule has 0 radical (unpaired) electrons. The standard InChI is InChI=1S/C24H24FN3O3/c1-28(18-12-11-17(13-18)26-22(29)14-5-6-14)24(30)16-9-7-15(8-10-16)23-27-20-4-2-3-19(25)21(20)31-23/h2-4,7-10,14,17-18H,5-6,11-13H2,1H3,(H,26,29)/t17-,18?/m0/s1. The first-order valence-corrected chi connectivity index (χ1v) is 10.7. The van der Waals surface area contributed by atoms with Gasteiger partial charge in [-0.2, -0.15) is 0 Å². The summed E-state index contributed by atoms with van der Waals surface area (Å²) in [5.74, 6) is 0.170. The van der Waals surface area contributed by atoms with Gasteiger partial charge in [0.2, 0.25) is 11.8 Å². The molecule has 0 saturated heterocycles. The summed E-state index contributed by atoms with van der Waals surface area (Å²) in [7, 11) is 1.82. The zero-order valence-corrected chi connectivity index (χ0v) is 17.3. The van der Waals surface area contributed by atoms with Crippen LogP contribution in [0.25, 0.3) is 22.6 Å². The van der Waals surface area contributed by atoms with Crippen molar-refractivity contribution >= 4 is 22.9 Å². The molecule has 3 aromatic rings. The Morgan fingerprint density at radius 3 is 2.58 bits per heavy atom. The third kappa shape index (κ3) is 3.92. The SMILES string of the molecule is CN(C(=O)c1ccc(-c2nc3cccc(F)c3o2)cc1)C1CC[C@H](NC(=O)C2CC2)C1. The number of halogens is 1. The van der Waals surface area contributed by atoms with Gasteiger partial charge in [0.25, 0.3) is 5.91 Å². The first-order chi connectivity index (χ1) is 15.0. The summed E-state index contributed by atoms with van der Waals surface area (Å²) in [6.07, 6.45) is 4.55. The van der Waals surface area contributed by atoms with Crippen molar-refractivity contribution in [2.45, 2.75) is 44.2 Å². The van der Waals surface area contributed by atoms with Crippen LogP contribution in [0, 0.1) is 11.7 Å². The van der Waals surface area contributed by atoms with E-state index in [4.69, 9.17) is 4.42 Å². The van der Waals surface area contributed by atoms with Crippen LogP contribution in [0.5, 0.6) is 0 Å². The fourth-order valence-electron chi connectivity index (χ4n) is 4.27. The second-order valence-corrected chi connectivity index (χ2v) is 8.55. The lowest BCUT2D eigenvalue weighted by Crippen LogP contribution is -2.38. The van der Waals surface area contributed by atoms with E-state index in [-0.39, 0.29) is 35.4 Å². The number of carbonyl (C=O) groups is 2. The molecular formula is C24H24FN3O3. The van der Waals surface area contributed by atoms with Crippen LogP contribution in [-0.4, -0.2) is 40.8 Å². The van der Waals surface area contributed by atoms with E-state index >= 15 is 0 Å². The van der Waals surface area contributed by atoms with Crippen LogP contribution in [0.2, 0.25) is 0 Å². The second-order valence-electron chi connectivity index (χ2n) is 8.55. The smallest absolute Gasteiger partial charge is 0.253 e. The number of rotatable bonds is 5. The predicted molar refractivity (Wildman–Crippen MR) is 114 cm³/mol. The number of para-hydroxylation sites is 1. The third-order valence-electron chi connectivity index (χ3n) is 6.31. The Labute approximate surface area is 179 Å². The molecule has 2 aliphatic carbocycles. The topological polar surface area (TPSA) is 75.4 Å². The van der Waals surface area contributed by atoms with Crippen molar-refractivity contribution in [3.8, 4) is 11.5 Å². The average molecular weight is 421 g/mol. The number of hydrogen-bond acceptors (Lipinski definition) is 4. The highest BCUT2D eigenvalue weighted by atomic mass is 19.1. The Kier molecular flexibility index (Phi) is 4.96. The summed E-state index contributed by atoms with van der Waals surface area (Å²) < 4.78 is 19.4. The number of carbonyl (C=O) groups excluding carboxylic acids is 2. The maximum Gasteiger partial charge on any atom is 0.253 e. The minimum absolute atomic E-state index is 0.0608. The van der Waals surface area contributed by atoms with Crippen LogP contribution in [0.15, 0.2) is 46.9 Å². The average Bonchev–Trinajstić information content (AvgIpc) is 3.38. The van der Waals surface area contributed by atoms with Crippen molar-refractivity contribution in [2.75, 3.05) is 7.05 Å². The van der Waals surface area contributed by atoms with E-state index in [1.807, 2.05) is 7.05 Å². The third-order valence-corrected chi connectivity index (χ3v) is 6.31. The first kappa shape index (κ1) is 19.7. The predicted octanol–water partition coefficient (Wildman–Crippen LogP) is 4.15. The van der Waals surface area contributed by atoms with Gasteiger partial charge < -0.3 is 14.6 Å². The van der Waals surface area contributed by atoms with Gasteiger partial charge in [-0.25, -0.2) is 9.37 Å². The lowest BCUT2D eigenvalue weighted by molar-refractivity contribution is -0.122. The summed E-state index contributed by atoms with van der Waals surface area (Å²) >= 11 is 0. The number of benzene rings is 2. The summed E-state index contributed by atoms with van der Waals surface area (Å²) in [4.78, 5) is 31.1. The zero-order valence-electron chi connectivity index (χ0n) is 17.3. The van der Waals surface area contributed by atoms with Crippen LogP contribution >= 0.6 is 0 Å². The van der Waals surface area contributed by atoms with Gasteiger partial charge in [-0.3, -0.25) is 9.59 Å². The molecular weight excluding hydrogens is 397 g/mol. The lowest BCUT2D eigenvalue weighted by atomic mass is 10.1. The Balaban J connectivity index is 1.25. The van der Waals surface area contributed by atoms with Gasteiger partial charge in [-0.15, -0.1) is 0 Å². The molecule has 2 atom stereocenters. The van der Waals surface area contributed by atoms with Gasteiger partial charge in [0.1, 0.15) is 5.52 Å². The molecule has 160 valence electrons. The lowest BCUT2D eigenvalue weighted by Gasteiger charge is -2.25. The molecule has 2 fully saturated rings. The number of oxazole rings is 1. The fourth-order valence-corrected chi connectivity index (χ4v) is 4.27. The van der Waals surface area contributed by atoms with Crippen molar-refractivity contribution in [3.63, 3.8) is 0 Å². The molecule has 0 spiro atoms. The number of hydrogen-bond donors (Lipinski definition) is 1. The summed E-state index contributed by atoms with van der Waals surface area (Å²) in [5.41, 5.74) is 1.83.